The summed E-state index contributed by atoms with van der Waals surface area (Å²) in [4.78, 5) is 8.81. The lowest BCUT2D eigenvalue weighted by molar-refractivity contribution is 0.0293. The van der Waals surface area contributed by atoms with Gasteiger partial charge in [0.15, 0.2) is 0 Å². The molecule has 94 valence electrons. The number of imidazole rings is 1. The molecule has 0 radical (unpaired) electrons. The van der Waals surface area contributed by atoms with Crippen LogP contribution in [0.15, 0.2) is 18.5 Å². The summed E-state index contributed by atoms with van der Waals surface area (Å²) in [6.07, 6.45) is 3.87. The van der Waals surface area contributed by atoms with E-state index in [-0.39, 0.29) is 6.10 Å². The molecule has 1 aliphatic heterocycles. The Balaban J connectivity index is 2.04. The van der Waals surface area contributed by atoms with E-state index in [9.17, 15) is 0 Å². The molecule has 0 saturated carbocycles. The quantitative estimate of drug-likeness (QED) is 0.832. The summed E-state index contributed by atoms with van der Waals surface area (Å²) in [6, 6.07) is 2.02. The maximum absolute atomic E-state index is 5.73. The number of nitrogens with two attached hydrogens (primary N) is 1. The smallest absolute Gasteiger partial charge is 0.138 e. The lowest BCUT2D eigenvalue weighted by Gasteiger charge is -2.20. The maximum Gasteiger partial charge on any atom is 0.138 e. The Morgan fingerprint density at radius 3 is 3.06 bits per heavy atom. The third-order valence-electron chi connectivity index (χ3n) is 3.29. The van der Waals surface area contributed by atoms with Crippen LogP contribution in [0.1, 0.15) is 24.4 Å². The number of anilines is 1. The number of rotatable bonds is 1. The van der Waals surface area contributed by atoms with Gasteiger partial charge >= 0.3 is 0 Å². The van der Waals surface area contributed by atoms with Gasteiger partial charge in [-0.2, -0.15) is 0 Å². The van der Waals surface area contributed by atoms with Crippen LogP contribution < -0.4 is 5.73 Å². The van der Waals surface area contributed by atoms with E-state index in [0.717, 1.165) is 35.8 Å². The molecule has 1 unspecified atom stereocenters. The Morgan fingerprint density at radius 2 is 2.33 bits per heavy atom. The predicted octanol–water partition coefficient (Wildman–Crippen LogP) is 1.93. The van der Waals surface area contributed by atoms with Gasteiger partial charge in [-0.05, 0) is 25.5 Å². The highest BCUT2D eigenvalue weighted by Gasteiger charge is 2.20. The molecule has 1 atom stereocenters. The van der Waals surface area contributed by atoms with Crippen molar-refractivity contribution in [2.24, 2.45) is 0 Å². The topological polar surface area (TPSA) is 66.0 Å². The van der Waals surface area contributed by atoms with E-state index < -0.39 is 0 Å². The van der Waals surface area contributed by atoms with Crippen LogP contribution in [-0.4, -0.2) is 21.1 Å². The minimum absolute atomic E-state index is 0.0512. The van der Waals surface area contributed by atoms with Gasteiger partial charge in [-0.1, -0.05) is 0 Å². The van der Waals surface area contributed by atoms with E-state index in [0.29, 0.717) is 5.82 Å². The largest absolute Gasteiger partial charge is 0.383 e. The number of hydrogen-bond acceptors (Lipinski definition) is 4. The van der Waals surface area contributed by atoms with Crippen LogP contribution in [0, 0.1) is 6.92 Å². The average molecular weight is 244 g/mol. The van der Waals surface area contributed by atoms with E-state index in [1.165, 1.54) is 0 Å². The number of ether oxygens (including phenoxy) is 1. The monoisotopic (exact) mass is 244 g/mol. The summed E-state index contributed by atoms with van der Waals surface area (Å²) in [5, 5.41) is 0. The van der Waals surface area contributed by atoms with Gasteiger partial charge in [0.2, 0.25) is 0 Å². The summed E-state index contributed by atoms with van der Waals surface area (Å²) >= 11 is 0. The third-order valence-corrected chi connectivity index (χ3v) is 3.29. The number of nitrogens with zero attached hydrogens (tertiary/aromatic N) is 3. The first kappa shape index (κ1) is 11.2. The fourth-order valence-corrected chi connectivity index (χ4v) is 2.20. The van der Waals surface area contributed by atoms with Crippen molar-refractivity contribution < 1.29 is 4.74 Å². The Bertz CT molecular complexity index is 591. The minimum Gasteiger partial charge on any atom is -0.383 e. The Labute approximate surface area is 106 Å². The zero-order valence-corrected chi connectivity index (χ0v) is 10.6. The van der Waals surface area contributed by atoms with Crippen LogP contribution in [0.5, 0.6) is 0 Å². The second kappa shape index (κ2) is 4.10. The molecule has 0 aliphatic carbocycles. The second-order valence-corrected chi connectivity index (χ2v) is 4.62. The zero-order valence-electron chi connectivity index (χ0n) is 10.6. The minimum atomic E-state index is 0.0512. The molecule has 18 heavy (non-hydrogen) atoms. The molecule has 0 aromatic carbocycles. The van der Waals surface area contributed by atoms with Crippen molar-refractivity contribution in [2.45, 2.75) is 26.5 Å². The molecule has 3 rings (SSSR count). The lowest BCUT2D eigenvalue weighted by atomic mass is 10.1. The molecule has 1 aliphatic rings. The SMILES string of the molecule is Cc1cc(-c2cn3c(n2)C(C)OCC3)cnc1N. The number of aryl methyl sites for hydroxylation is 1. The summed E-state index contributed by atoms with van der Waals surface area (Å²) in [5.41, 5.74) is 8.63. The highest BCUT2D eigenvalue weighted by molar-refractivity contribution is 5.61. The van der Waals surface area contributed by atoms with Crippen LogP contribution in [0.25, 0.3) is 11.3 Å². The molecular weight excluding hydrogens is 228 g/mol. The highest BCUT2D eigenvalue weighted by atomic mass is 16.5. The molecular formula is C13H16N4O. The highest BCUT2D eigenvalue weighted by Crippen LogP contribution is 2.26. The zero-order chi connectivity index (χ0) is 12.7. The Morgan fingerprint density at radius 1 is 1.50 bits per heavy atom. The first-order valence-electron chi connectivity index (χ1n) is 6.06. The molecule has 5 heteroatoms. The normalized spacial score (nSPS) is 18.7. The van der Waals surface area contributed by atoms with E-state index in [2.05, 4.69) is 20.7 Å². The lowest BCUT2D eigenvalue weighted by Crippen LogP contribution is -2.19. The first-order chi connectivity index (χ1) is 8.65. The van der Waals surface area contributed by atoms with Gasteiger partial charge < -0.3 is 15.0 Å². The van der Waals surface area contributed by atoms with Crippen molar-refractivity contribution in [3.63, 3.8) is 0 Å². The maximum atomic E-state index is 5.73. The van der Waals surface area contributed by atoms with Gasteiger partial charge in [0.05, 0.1) is 12.3 Å². The van der Waals surface area contributed by atoms with Crippen LogP contribution >= 0.6 is 0 Å². The van der Waals surface area contributed by atoms with Crippen molar-refractivity contribution in [1.82, 2.24) is 14.5 Å². The van der Waals surface area contributed by atoms with Gasteiger partial charge in [0.25, 0.3) is 0 Å². The van der Waals surface area contributed by atoms with E-state index in [1.807, 2.05) is 19.9 Å². The number of pyridine rings is 1. The number of hydrogen-bond donors (Lipinski definition) is 1. The molecule has 0 fully saturated rings. The number of aromatic nitrogens is 3. The van der Waals surface area contributed by atoms with Gasteiger partial charge in [-0.25, -0.2) is 9.97 Å². The number of fused-ring (bicyclic) bond motifs is 1. The molecule has 3 heterocycles. The van der Waals surface area contributed by atoms with Gasteiger partial charge in [-0.15, -0.1) is 0 Å². The molecule has 0 bridgehead atoms. The van der Waals surface area contributed by atoms with Crippen molar-refractivity contribution in [1.29, 1.82) is 0 Å². The predicted molar refractivity (Wildman–Crippen MR) is 69.0 cm³/mol. The molecule has 0 spiro atoms. The van der Waals surface area contributed by atoms with Crippen molar-refractivity contribution in [3.05, 3.63) is 29.8 Å². The molecule has 5 nitrogen and oxygen atoms in total. The van der Waals surface area contributed by atoms with Crippen LogP contribution in [-0.2, 0) is 11.3 Å². The summed E-state index contributed by atoms with van der Waals surface area (Å²) < 4.78 is 7.73. The van der Waals surface area contributed by atoms with Crippen LogP contribution in [0.4, 0.5) is 5.82 Å². The summed E-state index contributed by atoms with van der Waals surface area (Å²) in [6.45, 7) is 5.57. The van der Waals surface area contributed by atoms with E-state index in [4.69, 9.17) is 10.5 Å². The van der Waals surface area contributed by atoms with Gasteiger partial charge in [0.1, 0.15) is 17.7 Å². The molecule has 2 aromatic rings. The van der Waals surface area contributed by atoms with Crippen molar-refractivity contribution >= 4 is 5.82 Å². The summed E-state index contributed by atoms with van der Waals surface area (Å²) in [5.74, 6) is 1.55. The molecule has 0 saturated heterocycles. The van der Waals surface area contributed by atoms with Crippen LogP contribution in [0.3, 0.4) is 0 Å². The second-order valence-electron chi connectivity index (χ2n) is 4.62. The van der Waals surface area contributed by atoms with Crippen LogP contribution in [0.2, 0.25) is 0 Å². The fourth-order valence-electron chi connectivity index (χ4n) is 2.20. The Kier molecular flexibility index (Phi) is 2.56. The van der Waals surface area contributed by atoms with E-state index >= 15 is 0 Å². The van der Waals surface area contributed by atoms with Crippen molar-refractivity contribution in [2.75, 3.05) is 12.3 Å². The Hall–Kier alpha value is -1.88. The number of nitrogen functional groups attached to an aromatic ring is 1. The first-order valence-corrected chi connectivity index (χ1v) is 6.06. The fraction of sp³-hybridized carbons (Fsp3) is 0.385. The third kappa shape index (κ3) is 1.76. The molecule has 0 amide bonds. The van der Waals surface area contributed by atoms with Crippen molar-refractivity contribution in [3.8, 4) is 11.3 Å². The van der Waals surface area contributed by atoms with Gasteiger partial charge in [-0.3, -0.25) is 0 Å². The summed E-state index contributed by atoms with van der Waals surface area (Å²) in [7, 11) is 0. The molecule has 2 aromatic heterocycles. The average Bonchev–Trinajstić information content (AvgIpc) is 2.78. The van der Waals surface area contributed by atoms with E-state index in [1.54, 1.807) is 6.20 Å². The molecule has 2 N–H and O–H groups in total. The standard InChI is InChI=1S/C13H16N4O/c1-8-5-10(6-15-12(8)14)11-7-17-3-4-18-9(2)13(17)16-11/h5-7,9H,3-4H2,1-2H3,(H2,14,15). The van der Waals surface area contributed by atoms with Gasteiger partial charge in [0, 0.05) is 24.5 Å².